The smallest absolute Gasteiger partial charge is 0.318 e. The molecule has 21 heavy (non-hydrogen) atoms. The van der Waals surface area contributed by atoms with Gasteiger partial charge in [0.15, 0.2) is 0 Å². The Kier molecular flexibility index (Phi) is 5.71. The molecule has 1 aromatic heterocycles. The molecule has 1 aromatic rings. The first-order valence-corrected chi connectivity index (χ1v) is 7.71. The molecule has 0 saturated heterocycles. The maximum Gasteiger partial charge on any atom is 0.318 e. The SMILES string of the molecule is Cc1csc(C(C)NC(=O)N(CCC(=O)O)C(C)(C)C)n1. The van der Waals surface area contributed by atoms with Crippen LogP contribution in [0.4, 0.5) is 4.79 Å². The quantitative estimate of drug-likeness (QED) is 0.875. The minimum absolute atomic E-state index is 0.0740. The van der Waals surface area contributed by atoms with E-state index in [0.717, 1.165) is 10.7 Å². The molecule has 118 valence electrons. The first kappa shape index (κ1) is 17.4. The van der Waals surface area contributed by atoms with Gasteiger partial charge in [-0.1, -0.05) is 0 Å². The minimum atomic E-state index is -0.916. The molecule has 0 bridgehead atoms. The summed E-state index contributed by atoms with van der Waals surface area (Å²) in [6.45, 7) is 9.59. The van der Waals surface area contributed by atoms with Crippen LogP contribution in [-0.4, -0.2) is 39.1 Å². The van der Waals surface area contributed by atoms with Crippen molar-refractivity contribution in [2.75, 3.05) is 6.54 Å². The lowest BCUT2D eigenvalue weighted by Crippen LogP contribution is -2.51. The number of thiazole rings is 1. The number of carboxylic acid groups (broad SMARTS) is 1. The Morgan fingerprint density at radius 1 is 1.48 bits per heavy atom. The van der Waals surface area contributed by atoms with Crippen molar-refractivity contribution < 1.29 is 14.7 Å². The monoisotopic (exact) mass is 313 g/mol. The van der Waals surface area contributed by atoms with Crippen LogP contribution < -0.4 is 5.32 Å². The molecule has 0 saturated carbocycles. The Morgan fingerprint density at radius 2 is 2.10 bits per heavy atom. The molecule has 0 aromatic carbocycles. The number of urea groups is 1. The molecule has 0 aliphatic heterocycles. The summed E-state index contributed by atoms with van der Waals surface area (Å²) in [5, 5.41) is 14.5. The number of aliphatic carboxylic acids is 1. The number of nitrogens with zero attached hydrogens (tertiary/aromatic N) is 2. The van der Waals surface area contributed by atoms with Crippen LogP contribution >= 0.6 is 11.3 Å². The molecule has 0 fully saturated rings. The van der Waals surface area contributed by atoms with Gasteiger partial charge in [-0.05, 0) is 34.6 Å². The Morgan fingerprint density at radius 3 is 2.52 bits per heavy atom. The highest BCUT2D eigenvalue weighted by molar-refractivity contribution is 7.09. The second kappa shape index (κ2) is 6.89. The number of carbonyl (C=O) groups excluding carboxylic acids is 1. The lowest BCUT2D eigenvalue weighted by molar-refractivity contribution is -0.137. The molecule has 1 rings (SSSR count). The number of rotatable bonds is 5. The number of hydrogen-bond donors (Lipinski definition) is 2. The molecule has 0 aliphatic rings. The number of aromatic nitrogens is 1. The lowest BCUT2D eigenvalue weighted by atomic mass is 10.1. The van der Waals surface area contributed by atoms with Gasteiger partial charge in [0.1, 0.15) is 5.01 Å². The van der Waals surface area contributed by atoms with Crippen molar-refractivity contribution in [3.8, 4) is 0 Å². The molecule has 2 N–H and O–H groups in total. The number of aryl methyl sites for hydroxylation is 1. The Hall–Kier alpha value is -1.63. The van der Waals surface area contributed by atoms with Gasteiger partial charge in [0.2, 0.25) is 0 Å². The van der Waals surface area contributed by atoms with Crippen molar-refractivity contribution in [3.05, 3.63) is 16.1 Å². The predicted molar refractivity (Wildman–Crippen MR) is 82.5 cm³/mol. The van der Waals surface area contributed by atoms with Crippen LogP contribution in [0.3, 0.4) is 0 Å². The highest BCUT2D eigenvalue weighted by Crippen LogP contribution is 2.19. The van der Waals surface area contributed by atoms with Crippen LogP contribution in [0.25, 0.3) is 0 Å². The van der Waals surface area contributed by atoms with Gasteiger partial charge in [0.05, 0.1) is 12.5 Å². The third-order valence-corrected chi connectivity index (χ3v) is 4.10. The second-order valence-electron chi connectivity index (χ2n) is 5.96. The van der Waals surface area contributed by atoms with Crippen molar-refractivity contribution in [2.45, 2.75) is 52.6 Å². The van der Waals surface area contributed by atoms with E-state index < -0.39 is 11.5 Å². The molecule has 0 aliphatic carbocycles. The van der Waals surface area contributed by atoms with E-state index in [4.69, 9.17) is 5.11 Å². The van der Waals surface area contributed by atoms with Crippen molar-refractivity contribution in [1.82, 2.24) is 15.2 Å². The summed E-state index contributed by atoms with van der Waals surface area (Å²) in [5.74, 6) is -0.916. The third kappa shape index (κ3) is 5.34. The van der Waals surface area contributed by atoms with E-state index in [9.17, 15) is 9.59 Å². The van der Waals surface area contributed by atoms with E-state index in [2.05, 4.69) is 10.3 Å². The average Bonchev–Trinajstić information content (AvgIpc) is 2.73. The van der Waals surface area contributed by atoms with Crippen LogP contribution in [0.15, 0.2) is 5.38 Å². The summed E-state index contributed by atoms with van der Waals surface area (Å²) in [5.41, 5.74) is 0.479. The first-order chi connectivity index (χ1) is 9.61. The Bertz CT molecular complexity index is 508. The standard InChI is InChI=1S/C14H23N3O3S/c1-9-8-21-12(15-9)10(2)16-13(20)17(14(3,4)5)7-6-11(18)19/h8,10H,6-7H2,1-5H3,(H,16,20)(H,18,19). The highest BCUT2D eigenvalue weighted by Gasteiger charge is 2.28. The van der Waals surface area contributed by atoms with Crippen molar-refractivity contribution in [1.29, 1.82) is 0 Å². The minimum Gasteiger partial charge on any atom is -0.481 e. The van der Waals surface area contributed by atoms with Gasteiger partial charge in [-0.25, -0.2) is 9.78 Å². The lowest BCUT2D eigenvalue weighted by Gasteiger charge is -2.36. The number of carboxylic acids is 1. The Labute approximate surface area is 129 Å². The van der Waals surface area contributed by atoms with Crippen LogP contribution in [0.2, 0.25) is 0 Å². The summed E-state index contributed by atoms with van der Waals surface area (Å²) in [7, 11) is 0. The average molecular weight is 313 g/mol. The molecule has 7 heteroatoms. The van der Waals surface area contributed by atoms with Crippen LogP contribution in [0.1, 0.15) is 50.9 Å². The van der Waals surface area contributed by atoms with Crippen LogP contribution in [0, 0.1) is 6.92 Å². The normalized spacial score (nSPS) is 12.8. The number of amides is 2. The zero-order valence-electron chi connectivity index (χ0n) is 13.1. The Balaban J connectivity index is 2.74. The number of hydrogen-bond acceptors (Lipinski definition) is 4. The summed E-state index contributed by atoms with van der Waals surface area (Å²) in [4.78, 5) is 29.0. The first-order valence-electron chi connectivity index (χ1n) is 6.83. The highest BCUT2D eigenvalue weighted by atomic mass is 32.1. The van der Waals surface area contributed by atoms with E-state index >= 15 is 0 Å². The fourth-order valence-corrected chi connectivity index (χ4v) is 2.65. The maximum absolute atomic E-state index is 12.4. The summed E-state index contributed by atoms with van der Waals surface area (Å²) in [6.07, 6.45) is -0.0740. The predicted octanol–water partition coefficient (Wildman–Crippen LogP) is 2.80. The molecule has 1 heterocycles. The fourth-order valence-electron chi connectivity index (χ4n) is 1.84. The molecular formula is C14H23N3O3S. The zero-order chi connectivity index (χ0) is 16.2. The molecule has 1 unspecified atom stereocenters. The van der Waals surface area contributed by atoms with E-state index in [1.807, 2.05) is 40.0 Å². The molecular weight excluding hydrogens is 290 g/mol. The van der Waals surface area contributed by atoms with Gasteiger partial charge in [-0.2, -0.15) is 0 Å². The topological polar surface area (TPSA) is 82.5 Å². The summed E-state index contributed by atoms with van der Waals surface area (Å²) < 4.78 is 0. The summed E-state index contributed by atoms with van der Waals surface area (Å²) >= 11 is 1.50. The zero-order valence-corrected chi connectivity index (χ0v) is 14.0. The van der Waals surface area contributed by atoms with E-state index in [1.165, 1.54) is 16.2 Å². The van der Waals surface area contributed by atoms with Gasteiger partial charge in [0, 0.05) is 23.2 Å². The molecule has 0 radical (unpaired) electrons. The second-order valence-corrected chi connectivity index (χ2v) is 6.85. The molecule has 0 spiro atoms. The largest absolute Gasteiger partial charge is 0.481 e. The van der Waals surface area contributed by atoms with Crippen LogP contribution in [-0.2, 0) is 4.79 Å². The van der Waals surface area contributed by atoms with E-state index in [1.54, 1.807) is 0 Å². The van der Waals surface area contributed by atoms with Gasteiger partial charge in [-0.3, -0.25) is 4.79 Å². The van der Waals surface area contributed by atoms with E-state index in [-0.39, 0.29) is 25.0 Å². The fraction of sp³-hybridized carbons (Fsp3) is 0.643. The third-order valence-electron chi connectivity index (χ3n) is 2.95. The van der Waals surface area contributed by atoms with Crippen molar-refractivity contribution in [3.63, 3.8) is 0 Å². The van der Waals surface area contributed by atoms with Crippen LogP contribution in [0.5, 0.6) is 0 Å². The number of nitrogens with one attached hydrogen (secondary N) is 1. The number of carbonyl (C=O) groups is 2. The summed E-state index contributed by atoms with van der Waals surface area (Å²) in [6, 6.07) is -0.477. The van der Waals surface area contributed by atoms with Gasteiger partial charge < -0.3 is 15.3 Å². The molecule has 6 nitrogen and oxygen atoms in total. The maximum atomic E-state index is 12.4. The van der Waals surface area contributed by atoms with Gasteiger partial charge in [0.25, 0.3) is 0 Å². The van der Waals surface area contributed by atoms with Crippen molar-refractivity contribution in [2.24, 2.45) is 0 Å². The van der Waals surface area contributed by atoms with E-state index in [0.29, 0.717) is 0 Å². The van der Waals surface area contributed by atoms with Gasteiger partial charge >= 0.3 is 12.0 Å². The molecule has 1 atom stereocenters. The van der Waals surface area contributed by atoms with Gasteiger partial charge in [-0.15, -0.1) is 11.3 Å². The van der Waals surface area contributed by atoms with Crippen molar-refractivity contribution >= 4 is 23.3 Å². The molecule has 2 amide bonds.